The Kier molecular flexibility index (Phi) is 5.67. The molecule has 21 heavy (non-hydrogen) atoms. The molecule has 0 spiro atoms. The number of nitrogens with one attached hydrogen (secondary N) is 1. The second-order valence-electron chi connectivity index (χ2n) is 5.61. The normalized spacial score (nSPS) is 10.9. The van der Waals surface area contributed by atoms with E-state index in [2.05, 4.69) is 43.3 Å². The lowest BCUT2D eigenvalue weighted by atomic mass is 10.1. The topological polar surface area (TPSA) is 39.1 Å². The minimum Gasteiger partial charge on any atom is -0.494 e. The van der Waals surface area contributed by atoms with Crippen LogP contribution in [0.25, 0.3) is 0 Å². The molecule has 1 N–H and O–H groups in total. The van der Waals surface area contributed by atoms with E-state index in [1.165, 1.54) is 5.56 Å². The number of aryl methyl sites for hydroxylation is 1. The number of anilines is 1. The third-order valence-electron chi connectivity index (χ3n) is 3.34. The van der Waals surface area contributed by atoms with E-state index in [9.17, 15) is 0 Å². The molecule has 1 heterocycles. The molecule has 0 saturated heterocycles. The molecule has 0 atom stereocenters. The van der Waals surface area contributed by atoms with Crippen molar-refractivity contribution in [1.82, 2.24) is 9.78 Å². The Morgan fingerprint density at radius 2 is 2.00 bits per heavy atom. The van der Waals surface area contributed by atoms with Crippen molar-refractivity contribution >= 4 is 5.69 Å². The summed E-state index contributed by atoms with van der Waals surface area (Å²) in [4.78, 5) is 0. The molecule has 0 aliphatic carbocycles. The first-order chi connectivity index (χ1) is 10.2. The first-order valence-electron chi connectivity index (χ1n) is 7.65. The Hall–Kier alpha value is -1.97. The molecule has 4 nitrogen and oxygen atoms in total. The van der Waals surface area contributed by atoms with Gasteiger partial charge in [-0.25, -0.2) is 0 Å². The molecule has 0 saturated carbocycles. The fourth-order valence-corrected chi connectivity index (χ4v) is 1.95. The number of nitrogens with zero attached hydrogens (tertiary/aromatic N) is 2. The summed E-state index contributed by atoms with van der Waals surface area (Å²) >= 11 is 0. The molecule has 2 rings (SSSR count). The highest BCUT2D eigenvalue weighted by Crippen LogP contribution is 2.15. The molecule has 1 aromatic heterocycles. The maximum Gasteiger partial charge on any atom is 0.119 e. The molecule has 4 heteroatoms. The van der Waals surface area contributed by atoms with Crippen LogP contribution in [-0.4, -0.2) is 16.4 Å². The van der Waals surface area contributed by atoms with Crippen LogP contribution in [0, 0.1) is 5.92 Å². The average Bonchev–Trinajstić information content (AvgIpc) is 2.94. The zero-order chi connectivity index (χ0) is 15.1. The van der Waals surface area contributed by atoms with Crippen LogP contribution in [-0.2, 0) is 13.1 Å². The van der Waals surface area contributed by atoms with Crippen LogP contribution in [0.15, 0.2) is 36.7 Å². The van der Waals surface area contributed by atoms with Crippen LogP contribution in [0.3, 0.4) is 0 Å². The van der Waals surface area contributed by atoms with Gasteiger partial charge in [-0.3, -0.25) is 4.68 Å². The summed E-state index contributed by atoms with van der Waals surface area (Å²) in [6, 6.07) is 8.27. The maximum atomic E-state index is 5.72. The number of aromatic nitrogens is 2. The van der Waals surface area contributed by atoms with Crippen LogP contribution in [0.1, 0.15) is 32.8 Å². The second kappa shape index (κ2) is 7.72. The minimum atomic E-state index is 0.678. The number of ether oxygens (including phenoxy) is 1. The van der Waals surface area contributed by atoms with Gasteiger partial charge in [-0.1, -0.05) is 26.0 Å². The third kappa shape index (κ3) is 5.14. The van der Waals surface area contributed by atoms with Crippen molar-refractivity contribution < 1.29 is 4.74 Å². The van der Waals surface area contributed by atoms with Crippen LogP contribution in [0.2, 0.25) is 0 Å². The van der Waals surface area contributed by atoms with Crippen molar-refractivity contribution in [3.05, 3.63) is 42.2 Å². The Balaban J connectivity index is 1.79. The van der Waals surface area contributed by atoms with E-state index in [4.69, 9.17) is 4.74 Å². The van der Waals surface area contributed by atoms with Gasteiger partial charge in [-0.15, -0.1) is 0 Å². The molecule has 0 radical (unpaired) electrons. The standard InChI is InChI=1S/C17H25N3O/c1-4-20-13-16(12-19-20)18-11-15-5-7-17(8-6-15)21-10-9-14(2)3/h5-8,12-14,18H,4,9-11H2,1-3H3. The quantitative estimate of drug-likeness (QED) is 0.799. The SMILES string of the molecule is CCn1cc(NCc2ccc(OCCC(C)C)cc2)cn1. The Morgan fingerprint density at radius 3 is 2.62 bits per heavy atom. The van der Waals surface area contributed by atoms with Gasteiger partial charge in [0.1, 0.15) is 5.75 Å². The van der Waals surface area contributed by atoms with Crippen LogP contribution in [0.5, 0.6) is 5.75 Å². The van der Waals surface area contributed by atoms with Gasteiger partial charge in [0.05, 0.1) is 18.5 Å². The van der Waals surface area contributed by atoms with Gasteiger partial charge < -0.3 is 10.1 Å². The highest BCUT2D eigenvalue weighted by atomic mass is 16.5. The summed E-state index contributed by atoms with van der Waals surface area (Å²) in [7, 11) is 0. The van der Waals surface area contributed by atoms with Gasteiger partial charge in [0.25, 0.3) is 0 Å². The van der Waals surface area contributed by atoms with E-state index in [1.807, 2.05) is 29.2 Å². The summed E-state index contributed by atoms with van der Waals surface area (Å²) in [5.41, 5.74) is 2.28. The largest absolute Gasteiger partial charge is 0.494 e. The van der Waals surface area contributed by atoms with Gasteiger partial charge >= 0.3 is 0 Å². The van der Waals surface area contributed by atoms with Crippen molar-refractivity contribution in [3.8, 4) is 5.75 Å². The first-order valence-corrected chi connectivity index (χ1v) is 7.65. The van der Waals surface area contributed by atoms with Crippen molar-refractivity contribution in [1.29, 1.82) is 0 Å². The smallest absolute Gasteiger partial charge is 0.119 e. The first kappa shape index (κ1) is 15.4. The minimum absolute atomic E-state index is 0.678. The fraction of sp³-hybridized carbons (Fsp3) is 0.471. The van der Waals surface area contributed by atoms with Gasteiger partial charge in [0.2, 0.25) is 0 Å². The molecule has 2 aromatic rings. The lowest BCUT2D eigenvalue weighted by Crippen LogP contribution is -2.02. The lowest BCUT2D eigenvalue weighted by molar-refractivity contribution is 0.289. The molecule has 0 fully saturated rings. The van der Waals surface area contributed by atoms with Crippen molar-refractivity contribution in [2.24, 2.45) is 5.92 Å². The summed E-state index contributed by atoms with van der Waals surface area (Å²) in [5.74, 6) is 1.62. The Labute approximate surface area is 127 Å². The molecular formula is C17H25N3O. The summed E-state index contributed by atoms with van der Waals surface area (Å²) in [6.07, 6.45) is 4.96. The highest BCUT2D eigenvalue weighted by molar-refractivity contribution is 5.39. The van der Waals surface area contributed by atoms with E-state index in [-0.39, 0.29) is 0 Å². The molecule has 0 aliphatic rings. The third-order valence-corrected chi connectivity index (χ3v) is 3.34. The molecule has 0 unspecified atom stereocenters. The number of rotatable bonds is 8. The molecule has 0 aliphatic heterocycles. The van der Waals surface area contributed by atoms with Crippen molar-refractivity contribution in [2.75, 3.05) is 11.9 Å². The number of hydrogen-bond acceptors (Lipinski definition) is 3. The molecular weight excluding hydrogens is 262 g/mol. The van der Waals surface area contributed by atoms with Gasteiger partial charge in [-0.05, 0) is 37.0 Å². The molecule has 1 aromatic carbocycles. The van der Waals surface area contributed by atoms with E-state index in [0.717, 1.165) is 37.6 Å². The van der Waals surface area contributed by atoms with Crippen LogP contribution >= 0.6 is 0 Å². The Morgan fingerprint density at radius 1 is 1.24 bits per heavy atom. The maximum absolute atomic E-state index is 5.72. The van der Waals surface area contributed by atoms with E-state index < -0.39 is 0 Å². The summed E-state index contributed by atoms with van der Waals surface area (Å²) in [5, 5.41) is 7.61. The molecule has 0 bridgehead atoms. The summed E-state index contributed by atoms with van der Waals surface area (Å²) in [6.45, 7) is 8.96. The fourth-order valence-electron chi connectivity index (χ4n) is 1.95. The molecule has 0 amide bonds. The second-order valence-corrected chi connectivity index (χ2v) is 5.61. The highest BCUT2D eigenvalue weighted by Gasteiger charge is 1.99. The Bertz CT molecular complexity index is 531. The van der Waals surface area contributed by atoms with Gasteiger partial charge in [0, 0.05) is 19.3 Å². The van der Waals surface area contributed by atoms with Crippen molar-refractivity contribution in [2.45, 2.75) is 40.3 Å². The van der Waals surface area contributed by atoms with E-state index in [0.29, 0.717) is 5.92 Å². The van der Waals surface area contributed by atoms with Crippen molar-refractivity contribution in [3.63, 3.8) is 0 Å². The van der Waals surface area contributed by atoms with E-state index >= 15 is 0 Å². The molecule has 114 valence electrons. The average molecular weight is 287 g/mol. The zero-order valence-corrected chi connectivity index (χ0v) is 13.2. The van der Waals surface area contributed by atoms with Crippen LogP contribution < -0.4 is 10.1 Å². The van der Waals surface area contributed by atoms with E-state index in [1.54, 1.807) is 0 Å². The zero-order valence-electron chi connectivity index (χ0n) is 13.2. The monoisotopic (exact) mass is 287 g/mol. The predicted molar refractivity (Wildman–Crippen MR) is 86.6 cm³/mol. The predicted octanol–water partition coefficient (Wildman–Crippen LogP) is 3.94. The number of benzene rings is 1. The summed E-state index contributed by atoms with van der Waals surface area (Å²) < 4.78 is 7.63. The van der Waals surface area contributed by atoms with Gasteiger partial charge in [-0.2, -0.15) is 5.10 Å². The lowest BCUT2D eigenvalue weighted by Gasteiger charge is -2.09. The van der Waals surface area contributed by atoms with Crippen LogP contribution in [0.4, 0.5) is 5.69 Å². The number of hydrogen-bond donors (Lipinski definition) is 1. The van der Waals surface area contributed by atoms with Gasteiger partial charge in [0.15, 0.2) is 0 Å².